The molecular weight excluding hydrogens is 214 g/mol. The molecule has 0 aliphatic carbocycles. The van der Waals surface area contributed by atoms with Gasteiger partial charge in [-0.15, -0.1) is 0 Å². The van der Waals surface area contributed by atoms with E-state index in [4.69, 9.17) is 10.5 Å². The molecule has 0 saturated carbocycles. The number of para-hydroxylation sites is 2. The molecule has 0 aliphatic rings. The zero-order valence-corrected chi connectivity index (χ0v) is 9.92. The van der Waals surface area contributed by atoms with Crippen molar-refractivity contribution in [3.8, 4) is 5.75 Å². The summed E-state index contributed by atoms with van der Waals surface area (Å²) in [5.74, 6) is 1.33. The second-order valence-electron chi connectivity index (χ2n) is 3.67. The average molecular weight is 229 g/mol. The molecule has 4 nitrogen and oxygen atoms in total. The Morgan fingerprint density at radius 2 is 2.00 bits per heavy atom. The minimum Gasteiger partial charge on any atom is -0.495 e. The van der Waals surface area contributed by atoms with Gasteiger partial charge in [0.2, 0.25) is 0 Å². The normalized spacial score (nSPS) is 10.0. The molecule has 17 heavy (non-hydrogen) atoms. The first kappa shape index (κ1) is 11.3. The molecule has 0 unspecified atom stereocenters. The first-order valence-electron chi connectivity index (χ1n) is 5.30. The maximum Gasteiger partial charge on any atom is 0.142 e. The van der Waals surface area contributed by atoms with Gasteiger partial charge in [0.25, 0.3) is 0 Å². The van der Waals surface area contributed by atoms with Gasteiger partial charge in [-0.2, -0.15) is 0 Å². The summed E-state index contributed by atoms with van der Waals surface area (Å²) < 4.78 is 5.33. The van der Waals surface area contributed by atoms with Crippen molar-refractivity contribution in [2.75, 3.05) is 24.8 Å². The summed E-state index contributed by atoms with van der Waals surface area (Å²) in [6.45, 7) is 0. The molecule has 1 aromatic carbocycles. The number of nitrogens with two attached hydrogens (primary N) is 1. The summed E-state index contributed by atoms with van der Waals surface area (Å²) in [5.41, 5.74) is 7.64. The lowest BCUT2D eigenvalue weighted by molar-refractivity contribution is 0.415. The van der Waals surface area contributed by atoms with Crippen LogP contribution in [0.25, 0.3) is 0 Å². The van der Waals surface area contributed by atoms with Gasteiger partial charge in [0, 0.05) is 25.0 Å². The highest BCUT2D eigenvalue weighted by molar-refractivity contribution is 5.69. The van der Waals surface area contributed by atoms with E-state index in [-0.39, 0.29) is 0 Å². The van der Waals surface area contributed by atoms with E-state index in [9.17, 15) is 0 Å². The predicted octanol–water partition coefficient (Wildman–Crippen LogP) is 2.44. The molecule has 0 bridgehead atoms. The van der Waals surface area contributed by atoms with Crippen molar-refractivity contribution in [3.63, 3.8) is 0 Å². The second kappa shape index (κ2) is 4.74. The molecule has 0 fully saturated rings. The Balaban J connectivity index is 2.40. The van der Waals surface area contributed by atoms with Crippen LogP contribution in [0, 0.1) is 0 Å². The second-order valence-corrected chi connectivity index (χ2v) is 3.67. The van der Waals surface area contributed by atoms with E-state index in [1.807, 2.05) is 48.3 Å². The number of rotatable bonds is 3. The quantitative estimate of drug-likeness (QED) is 0.878. The van der Waals surface area contributed by atoms with Crippen LogP contribution in [0.3, 0.4) is 0 Å². The zero-order valence-electron chi connectivity index (χ0n) is 9.92. The molecule has 2 N–H and O–H groups in total. The lowest BCUT2D eigenvalue weighted by atomic mass is 10.2. The predicted molar refractivity (Wildman–Crippen MR) is 69.7 cm³/mol. The summed E-state index contributed by atoms with van der Waals surface area (Å²) in [6, 6.07) is 11.6. The van der Waals surface area contributed by atoms with Gasteiger partial charge < -0.3 is 15.4 Å². The molecule has 4 heteroatoms. The number of methoxy groups -OCH3 is 1. The number of anilines is 3. The molecular formula is C13H15N3O. The van der Waals surface area contributed by atoms with Crippen LogP contribution in [0.4, 0.5) is 17.2 Å². The monoisotopic (exact) mass is 229 g/mol. The Kier molecular flexibility index (Phi) is 3.14. The van der Waals surface area contributed by atoms with Crippen molar-refractivity contribution in [1.29, 1.82) is 0 Å². The summed E-state index contributed by atoms with van der Waals surface area (Å²) in [5, 5.41) is 0. The third kappa shape index (κ3) is 2.30. The zero-order chi connectivity index (χ0) is 12.3. The van der Waals surface area contributed by atoms with Gasteiger partial charge in [0.1, 0.15) is 11.6 Å². The molecule has 0 radical (unpaired) electrons. The van der Waals surface area contributed by atoms with E-state index in [1.54, 1.807) is 13.3 Å². The van der Waals surface area contributed by atoms with E-state index < -0.39 is 0 Å². The van der Waals surface area contributed by atoms with Crippen LogP contribution in [-0.4, -0.2) is 19.1 Å². The first-order valence-corrected chi connectivity index (χ1v) is 5.30. The minimum atomic E-state index is 0.504. The fraction of sp³-hybridized carbons (Fsp3) is 0.154. The fourth-order valence-electron chi connectivity index (χ4n) is 1.69. The lowest BCUT2D eigenvalue weighted by Gasteiger charge is -2.21. The number of nitrogens with zero attached hydrogens (tertiary/aromatic N) is 2. The van der Waals surface area contributed by atoms with Gasteiger partial charge in [-0.05, 0) is 18.2 Å². The van der Waals surface area contributed by atoms with Gasteiger partial charge in [-0.25, -0.2) is 4.98 Å². The van der Waals surface area contributed by atoms with E-state index in [0.29, 0.717) is 5.82 Å². The van der Waals surface area contributed by atoms with Gasteiger partial charge in [-0.1, -0.05) is 12.1 Å². The molecule has 88 valence electrons. The number of pyridine rings is 1. The smallest absolute Gasteiger partial charge is 0.142 e. The number of hydrogen-bond acceptors (Lipinski definition) is 4. The number of benzene rings is 1. The average Bonchev–Trinajstić information content (AvgIpc) is 2.38. The maximum atomic E-state index is 5.68. The van der Waals surface area contributed by atoms with Crippen molar-refractivity contribution in [2.24, 2.45) is 0 Å². The number of hydrogen-bond donors (Lipinski definition) is 1. The van der Waals surface area contributed by atoms with Gasteiger partial charge in [0.05, 0.1) is 12.8 Å². The van der Waals surface area contributed by atoms with Gasteiger partial charge >= 0.3 is 0 Å². The van der Waals surface area contributed by atoms with E-state index in [0.717, 1.165) is 17.1 Å². The molecule has 1 aromatic heterocycles. The summed E-state index contributed by atoms with van der Waals surface area (Å²) >= 11 is 0. The Labute approximate surface area is 101 Å². The summed E-state index contributed by atoms with van der Waals surface area (Å²) in [6.07, 6.45) is 1.69. The van der Waals surface area contributed by atoms with Crippen molar-refractivity contribution in [1.82, 2.24) is 4.98 Å². The summed E-state index contributed by atoms with van der Waals surface area (Å²) in [4.78, 5) is 5.99. The molecule has 0 amide bonds. The molecule has 0 spiro atoms. The van der Waals surface area contributed by atoms with E-state index in [1.165, 1.54) is 0 Å². The van der Waals surface area contributed by atoms with E-state index >= 15 is 0 Å². The molecule has 0 atom stereocenters. The van der Waals surface area contributed by atoms with Crippen molar-refractivity contribution < 1.29 is 4.74 Å². The molecule has 1 heterocycles. The van der Waals surface area contributed by atoms with Crippen LogP contribution in [0.1, 0.15) is 0 Å². The summed E-state index contributed by atoms with van der Waals surface area (Å²) in [7, 11) is 3.63. The minimum absolute atomic E-state index is 0.504. The largest absolute Gasteiger partial charge is 0.495 e. The highest BCUT2D eigenvalue weighted by Crippen LogP contribution is 2.32. The molecule has 2 aromatic rings. The maximum absolute atomic E-state index is 5.68. The van der Waals surface area contributed by atoms with Crippen LogP contribution in [-0.2, 0) is 0 Å². The Bertz CT molecular complexity index is 514. The van der Waals surface area contributed by atoms with Crippen LogP contribution in [0.2, 0.25) is 0 Å². The van der Waals surface area contributed by atoms with Gasteiger partial charge in [0.15, 0.2) is 0 Å². The Morgan fingerprint density at radius 1 is 1.24 bits per heavy atom. The van der Waals surface area contributed by atoms with Crippen LogP contribution < -0.4 is 15.4 Å². The van der Waals surface area contributed by atoms with Crippen molar-refractivity contribution in [3.05, 3.63) is 42.6 Å². The highest BCUT2D eigenvalue weighted by Gasteiger charge is 2.09. The first-order chi connectivity index (χ1) is 8.22. The third-order valence-corrected chi connectivity index (χ3v) is 2.60. The topological polar surface area (TPSA) is 51.4 Å². The van der Waals surface area contributed by atoms with Crippen molar-refractivity contribution in [2.45, 2.75) is 0 Å². The Morgan fingerprint density at radius 3 is 2.71 bits per heavy atom. The number of aromatic nitrogens is 1. The fourth-order valence-corrected chi connectivity index (χ4v) is 1.69. The molecule has 0 saturated heterocycles. The van der Waals surface area contributed by atoms with E-state index in [2.05, 4.69) is 4.98 Å². The van der Waals surface area contributed by atoms with Gasteiger partial charge in [-0.3, -0.25) is 0 Å². The third-order valence-electron chi connectivity index (χ3n) is 2.60. The van der Waals surface area contributed by atoms with Crippen LogP contribution >= 0.6 is 0 Å². The molecule has 0 aliphatic heterocycles. The van der Waals surface area contributed by atoms with Crippen molar-refractivity contribution >= 4 is 17.2 Å². The lowest BCUT2D eigenvalue weighted by Crippen LogP contribution is -2.11. The van der Waals surface area contributed by atoms with Crippen LogP contribution in [0.15, 0.2) is 42.6 Å². The molecule has 2 rings (SSSR count). The van der Waals surface area contributed by atoms with Crippen LogP contribution in [0.5, 0.6) is 5.75 Å². The number of nitrogen functional groups attached to an aromatic ring is 1. The SMILES string of the molecule is COc1ccccc1N(C)c1ccnc(N)c1. The standard InChI is InChI=1S/C13H15N3O/c1-16(10-7-8-15-13(14)9-10)11-5-3-4-6-12(11)17-2/h3-9H,1-2H3,(H2,14,15). The Hall–Kier alpha value is -2.23. The highest BCUT2D eigenvalue weighted by atomic mass is 16.5. The number of ether oxygens (including phenoxy) is 1.